The third kappa shape index (κ3) is 2.22. The summed E-state index contributed by atoms with van der Waals surface area (Å²) in [5.41, 5.74) is 2.27. The average molecular weight is 233 g/mol. The van der Waals surface area contributed by atoms with Crippen LogP contribution in [0.15, 0.2) is 30.6 Å². The molecule has 0 saturated carbocycles. The fourth-order valence-corrected chi connectivity index (χ4v) is 1.98. The van der Waals surface area contributed by atoms with Crippen LogP contribution in [0.25, 0.3) is 0 Å². The highest BCUT2D eigenvalue weighted by Gasteiger charge is 2.18. The highest BCUT2D eigenvalue weighted by molar-refractivity contribution is 5.33. The van der Waals surface area contributed by atoms with E-state index in [1.165, 1.54) is 0 Å². The van der Waals surface area contributed by atoms with E-state index in [4.69, 9.17) is 0 Å². The van der Waals surface area contributed by atoms with Crippen molar-refractivity contribution in [2.24, 2.45) is 7.05 Å². The second kappa shape index (κ2) is 4.67. The van der Waals surface area contributed by atoms with Crippen LogP contribution in [0.4, 0.5) is 4.39 Å². The Hall–Kier alpha value is -1.68. The normalized spacial score (nSPS) is 12.7. The van der Waals surface area contributed by atoms with E-state index < -0.39 is 0 Å². The first kappa shape index (κ1) is 11.8. The predicted molar refractivity (Wildman–Crippen MR) is 65.2 cm³/mol. The SMILES string of the molecule is CNC(c1cnn(C)c1)c1cccc(C)c1F. The fraction of sp³-hybridized carbons (Fsp3) is 0.308. The summed E-state index contributed by atoms with van der Waals surface area (Å²) in [4.78, 5) is 0. The van der Waals surface area contributed by atoms with Gasteiger partial charge in [-0.1, -0.05) is 18.2 Å². The maximum Gasteiger partial charge on any atom is 0.131 e. The number of halogens is 1. The van der Waals surface area contributed by atoms with Gasteiger partial charge >= 0.3 is 0 Å². The second-order valence-corrected chi connectivity index (χ2v) is 4.15. The maximum atomic E-state index is 14.1. The van der Waals surface area contributed by atoms with Crippen LogP contribution in [0.2, 0.25) is 0 Å². The van der Waals surface area contributed by atoms with Crippen molar-refractivity contribution in [2.75, 3.05) is 7.05 Å². The van der Waals surface area contributed by atoms with Crippen LogP contribution in [0.1, 0.15) is 22.7 Å². The predicted octanol–water partition coefficient (Wildman–Crippen LogP) is 2.18. The summed E-state index contributed by atoms with van der Waals surface area (Å²) in [5, 5.41) is 7.24. The number of benzene rings is 1. The topological polar surface area (TPSA) is 29.9 Å². The zero-order valence-corrected chi connectivity index (χ0v) is 10.2. The zero-order valence-electron chi connectivity index (χ0n) is 10.2. The first-order valence-electron chi connectivity index (χ1n) is 5.54. The van der Waals surface area contributed by atoms with Crippen molar-refractivity contribution in [1.82, 2.24) is 15.1 Å². The Morgan fingerprint density at radius 1 is 1.41 bits per heavy atom. The molecule has 1 heterocycles. The van der Waals surface area contributed by atoms with Crippen molar-refractivity contribution >= 4 is 0 Å². The zero-order chi connectivity index (χ0) is 12.4. The molecule has 0 bridgehead atoms. The molecule has 1 aromatic heterocycles. The summed E-state index contributed by atoms with van der Waals surface area (Å²) in [5.74, 6) is -0.157. The standard InChI is InChI=1S/C13H16FN3/c1-9-5-4-6-11(12(9)14)13(15-2)10-7-16-17(3)8-10/h4-8,13,15H,1-3H3. The highest BCUT2D eigenvalue weighted by Crippen LogP contribution is 2.25. The molecule has 0 radical (unpaired) electrons. The first-order chi connectivity index (χ1) is 8.13. The van der Waals surface area contributed by atoms with Gasteiger partial charge in [0.25, 0.3) is 0 Å². The summed E-state index contributed by atoms with van der Waals surface area (Å²) in [7, 11) is 3.67. The summed E-state index contributed by atoms with van der Waals surface area (Å²) in [6.07, 6.45) is 3.64. The molecule has 90 valence electrons. The molecule has 0 amide bonds. The van der Waals surface area contributed by atoms with Gasteiger partial charge < -0.3 is 5.32 Å². The maximum absolute atomic E-state index is 14.1. The Balaban J connectivity index is 2.45. The van der Waals surface area contributed by atoms with E-state index in [-0.39, 0.29) is 11.9 Å². The second-order valence-electron chi connectivity index (χ2n) is 4.15. The lowest BCUT2D eigenvalue weighted by atomic mass is 9.99. The molecule has 3 nitrogen and oxygen atoms in total. The molecule has 1 unspecified atom stereocenters. The lowest BCUT2D eigenvalue weighted by molar-refractivity contribution is 0.569. The van der Waals surface area contributed by atoms with Crippen molar-refractivity contribution in [3.63, 3.8) is 0 Å². The summed E-state index contributed by atoms with van der Waals surface area (Å²) >= 11 is 0. The van der Waals surface area contributed by atoms with Gasteiger partial charge in [-0.15, -0.1) is 0 Å². The molecule has 0 aliphatic rings. The van der Waals surface area contributed by atoms with Crippen molar-refractivity contribution in [3.05, 3.63) is 53.1 Å². The van der Waals surface area contributed by atoms with Gasteiger partial charge in [0.1, 0.15) is 5.82 Å². The number of nitrogens with one attached hydrogen (secondary N) is 1. The van der Waals surface area contributed by atoms with Crippen LogP contribution in [0.3, 0.4) is 0 Å². The Bertz CT molecular complexity index is 519. The molecule has 17 heavy (non-hydrogen) atoms. The van der Waals surface area contributed by atoms with E-state index in [0.29, 0.717) is 11.1 Å². The minimum Gasteiger partial charge on any atom is -0.309 e. The lowest BCUT2D eigenvalue weighted by Gasteiger charge is -2.16. The smallest absolute Gasteiger partial charge is 0.131 e. The Morgan fingerprint density at radius 3 is 2.76 bits per heavy atom. The molecule has 4 heteroatoms. The van der Waals surface area contributed by atoms with Gasteiger partial charge in [-0.2, -0.15) is 5.10 Å². The van der Waals surface area contributed by atoms with Crippen molar-refractivity contribution in [1.29, 1.82) is 0 Å². The molecule has 0 fully saturated rings. The number of hydrogen-bond acceptors (Lipinski definition) is 2. The first-order valence-corrected chi connectivity index (χ1v) is 5.54. The number of rotatable bonds is 3. The van der Waals surface area contributed by atoms with Gasteiger partial charge in [-0.25, -0.2) is 4.39 Å². The van der Waals surface area contributed by atoms with Crippen LogP contribution in [0.5, 0.6) is 0 Å². The van der Waals surface area contributed by atoms with E-state index in [9.17, 15) is 4.39 Å². The average Bonchev–Trinajstić information content (AvgIpc) is 2.72. The highest BCUT2D eigenvalue weighted by atomic mass is 19.1. The van der Waals surface area contributed by atoms with Crippen LogP contribution in [-0.2, 0) is 7.05 Å². The summed E-state index contributed by atoms with van der Waals surface area (Å²) in [6, 6.07) is 5.28. The van der Waals surface area contributed by atoms with E-state index >= 15 is 0 Å². The van der Waals surface area contributed by atoms with E-state index in [0.717, 1.165) is 5.56 Å². The molecule has 1 atom stereocenters. The number of hydrogen-bond donors (Lipinski definition) is 1. The van der Waals surface area contributed by atoms with Gasteiger partial charge in [-0.3, -0.25) is 4.68 Å². The summed E-state index contributed by atoms with van der Waals surface area (Å²) < 4.78 is 15.8. The number of aromatic nitrogens is 2. The molecule has 0 saturated heterocycles. The van der Waals surface area contributed by atoms with Gasteiger partial charge in [0.05, 0.1) is 12.2 Å². The van der Waals surface area contributed by atoms with Gasteiger partial charge in [0, 0.05) is 24.4 Å². The van der Waals surface area contributed by atoms with Crippen molar-refractivity contribution in [2.45, 2.75) is 13.0 Å². The Kier molecular flexibility index (Phi) is 3.24. The minimum atomic E-state index is -0.163. The quantitative estimate of drug-likeness (QED) is 0.880. The fourth-order valence-electron chi connectivity index (χ4n) is 1.98. The molecule has 0 aliphatic carbocycles. The van der Waals surface area contributed by atoms with Crippen molar-refractivity contribution < 1.29 is 4.39 Å². The van der Waals surface area contributed by atoms with Crippen LogP contribution in [-0.4, -0.2) is 16.8 Å². The Labute approximate surface area is 100 Å². The third-order valence-corrected chi connectivity index (χ3v) is 2.88. The van der Waals surface area contributed by atoms with E-state index in [1.807, 2.05) is 26.4 Å². The monoisotopic (exact) mass is 233 g/mol. The molecule has 0 aliphatic heterocycles. The largest absolute Gasteiger partial charge is 0.309 e. The summed E-state index contributed by atoms with van der Waals surface area (Å²) in [6.45, 7) is 1.77. The molecule has 1 aromatic carbocycles. The third-order valence-electron chi connectivity index (χ3n) is 2.88. The minimum absolute atomic E-state index is 0.157. The van der Waals surface area contributed by atoms with Crippen LogP contribution < -0.4 is 5.32 Å². The number of nitrogens with zero attached hydrogens (tertiary/aromatic N) is 2. The molecular weight excluding hydrogens is 217 g/mol. The van der Waals surface area contributed by atoms with Crippen LogP contribution in [0, 0.1) is 12.7 Å². The molecular formula is C13H16FN3. The lowest BCUT2D eigenvalue weighted by Crippen LogP contribution is -2.18. The molecule has 2 rings (SSSR count). The van der Waals surface area contributed by atoms with Crippen molar-refractivity contribution in [3.8, 4) is 0 Å². The van der Waals surface area contributed by atoms with E-state index in [2.05, 4.69) is 10.4 Å². The molecule has 0 spiro atoms. The Morgan fingerprint density at radius 2 is 2.18 bits per heavy atom. The molecule has 1 N–H and O–H groups in total. The van der Waals surface area contributed by atoms with Gasteiger partial charge in [0.2, 0.25) is 0 Å². The van der Waals surface area contributed by atoms with Gasteiger partial charge in [0.15, 0.2) is 0 Å². The van der Waals surface area contributed by atoms with Crippen LogP contribution >= 0.6 is 0 Å². The van der Waals surface area contributed by atoms with Gasteiger partial charge in [-0.05, 0) is 19.5 Å². The number of aryl methyl sites for hydroxylation is 2. The van der Waals surface area contributed by atoms with E-state index in [1.54, 1.807) is 29.9 Å². The molecule has 2 aromatic rings.